The van der Waals surface area contributed by atoms with E-state index in [4.69, 9.17) is 11.8 Å². The lowest BCUT2D eigenvalue weighted by Crippen LogP contribution is -3.10. The van der Waals surface area contributed by atoms with Crippen LogP contribution in [0.5, 0.6) is 0 Å². The zero-order valence-electron chi connectivity index (χ0n) is 7.56. The molecule has 0 radical (unpaired) electrons. The molecule has 0 saturated carbocycles. The van der Waals surface area contributed by atoms with Gasteiger partial charge in [0.2, 0.25) is 0 Å². The highest BCUT2D eigenvalue weighted by molar-refractivity contribution is 4.58. The summed E-state index contributed by atoms with van der Waals surface area (Å²) in [4.78, 5) is 1.72. The van der Waals surface area contributed by atoms with Crippen molar-refractivity contribution in [2.45, 2.75) is 26.2 Å². The topological polar surface area (TPSA) is 28.2 Å². The number of piperidine rings is 1. The zero-order chi connectivity index (χ0) is 8.69. The highest BCUT2D eigenvalue weighted by Crippen LogP contribution is 2.12. The van der Waals surface area contributed by atoms with Crippen LogP contribution in [0.25, 0.3) is 0 Å². The molecule has 0 unspecified atom stereocenters. The number of hydrogen-bond acceptors (Lipinski definition) is 1. The summed E-state index contributed by atoms with van der Waals surface area (Å²) < 4.78 is 0. The van der Waals surface area contributed by atoms with Gasteiger partial charge < -0.3 is 16.7 Å². The normalized spacial score (nSPS) is 30.2. The van der Waals surface area contributed by atoms with Gasteiger partial charge in [-0.1, -0.05) is 13.3 Å². The molecule has 0 atom stereocenters. The third-order valence-corrected chi connectivity index (χ3v) is 2.54. The Hall–Kier alpha value is -0.550. The Morgan fingerprint density at radius 3 is 2.18 bits per heavy atom. The highest BCUT2D eigenvalue weighted by atomic mass is 15.1. The lowest BCUT2D eigenvalue weighted by Gasteiger charge is -2.25. The van der Waals surface area contributed by atoms with Crippen LogP contribution in [0.4, 0.5) is 0 Å². The Balaban J connectivity index is 0.000000461. The Labute approximate surface area is 69.8 Å². The number of nitrogens with zero attached hydrogens (tertiary/aromatic N) is 1. The van der Waals surface area contributed by atoms with Crippen molar-refractivity contribution in [3.63, 3.8) is 0 Å². The lowest BCUT2D eigenvalue weighted by atomic mass is 9.95. The molecule has 1 aliphatic heterocycles. The third-order valence-electron chi connectivity index (χ3n) is 2.54. The molecule has 1 rings (SSSR count). The van der Waals surface area contributed by atoms with Crippen molar-refractivity contribution in [1.29, 1.82) is 5.26 Å². The second kappa shape index (κ2) is 6.18. The second-order valence-electron chi connectivity index (χ2n) is 3.31. The number of rotatable bonds is 1. The van der Waals surface area contributed by atoms with Gasteiger partial charge in [-0.3, -0.25) is 0 Å². The quantitative estimate of drug-likeness (QED) is 0.545. The van der Waals surface area contributed by atoms with E-state index in [-0.39, 0.29) is 0 Å². The van der Waals surface area contributed by atoms with Crippen molar-refractivity contribution in [1.82, 2.24) is 0 Å². The van der Waals surface area contributed by atoms with E-state index in [1.54, 1.807) is 4.90 Å². The summed E-state index contributed by atoms with van der Waals surface area (Å²) in [6.07, 6.45) is 4.32. The van der Waals surface area contributed by atoms with E-state index in [0.717, 1.165) is 5.92 Å². The van der Waals surface area contributed by atoms with E-state index in [2.05, 4.69) is 14.0 Å². The summed E-state index contributed by atoms with van der Waals surface area (Å²) in [5, 5.41) is 6.25. The number of hydrogen-bond donors (Lipinski definition) is 1. The van der Waals surface area contributed by atoms with Crippen LogP contribution in [-0.4, -0.2) is 20.1 Å². The monoisotopic (exact) mass is 154 g/mol. The minimum Gasteiger partial charge on any atom is -0.512 e. The molecule has 1 saturated heterocycles. The standard InChI is InChI=1S/C8H17N.CN/c1-3-8-4-6-9(2)7-5-8;1-2/h8H,3-7H2,1-2H3;/q;-1/p+1. The number of likely N-dealkylation sites (tertiary alicyclic amines) is 1. The molecule has 64 valence electrons. The Morgan fingerprint density at radius 2 is 1.82 bits per heavy atom. The first kappa shape index (κ1) is 10.4. The molecule has 1 heterocycles. The first-order valence-electron chi connectivity index (χ1n) is 4.36. The Morgan fingerprint density at radius 1 is 1.36 bits per heavy atom. The average Bonchev–Trinajstić information content (AvgIpc) is 2.10. The van der Waals surface area contributed by atoms with Gasteiger partial charge in [-0.25, -0.2) is 0 Å². The molecule has 0 spiro atoms. The molecule has 0 aliphatic carbocycles. The summed E-state index contributed by atoms with van der Waals surface area (Å²) in [5.41, 5.74) is 0. The Bertz CT molecular complexity index is 101. The van der Waals surface area contributed by atoms with Gasteiger partial charge in [0.25, 0.3) is 0 Å². The molecule has 2 nitrogen and oxygen atoms in total. The highest BCUT2D eigenvalue weighted by Gasteiger charge is 2.16. The van der Waals surface area contributed by atoms with E-state index < -0.39 is 0 Å². The molecule has 2 heteroatoms. The minimum atomic E-state index is 1.05. The van der Waals surface area contributed by atoms with E-state index in [1.807, 2.05) is 0 Å². The zero-order valence-corrected chi connectivity index (χ0v) is 7.56. The van der Waals surface area contributed by atoms with Gasteiger partial charge in [0.1, 0.15) is 0 Å². The maximum absolute atomic E-state index is 6.25. The van der Waals surface area contributed by atoms with Gasteiger partial charge in [0.15, 0.2) is 0 Å². The summed E-state index contributed by atoms with van der Waals surface area (Å²) in [7, 11) is 2.30. The molecule has 0 aromatic rings. The van der Waals surface area contributed by atoms with Crippen LogP contribution in [0.1, 0.15) is 26.2 Å². The minimum absolute atomic E-state index is 1.05. The molecule has 0 aromatic carbocycles. The van der Waals surface area contributed by atoms with Crippen molar-refractivity contribution in [3.8, 4) is 0 Å². The predicted octanol–water partition coefficient (Wildman–Crippen LogP) is 0.417. The molecule has 0 bridgehead atoms. The van der Waals surface area contributed by atoms with E-state index in [0.29, 0.717) is 0 Å². The van der Waals surface area contributed by atoms with Crippen LogP contribution < -0.4 is 4.90 Å². The molecular weight excluding hydrogens is 136 g/mol. The molecule has 0 amide bonds. The first-order valence-corrected chi connectivity index (χ1v) is 4.36. The average molecular weight is 154 g/mol. The van der Waals surface area contributed by atoms with Crippen molar-refractivity contribution in [2.24, 2.45) is 5.92 Å². The molecule has 1 N–H and O–H groups in total. The predicted molar refractivity (Wildman–Crippen MR) is 44.6 cm³/mol. The molecule has 11 heavy (non-hydrogen) atoms. The second-order valence-corrected chi connectivity index (χ2v) is 3.31. The van der Waals surface area contributed by atoms with E-state index in [1.165, 1.54) is 32.4 Å². The van der Waals surface area contributed by atoms with Crippen LogP contribution >= 0.6 is 0 Å². The fraction of sp³-hybridized carbons (Fsp3) is 0.889. The fourth-order valence-corrected chi connectivity index (χ4v) is 1.58. The van der Waals surface area contributed by atoms with Gasteiger partial charge in [0.05, 0.1) is 20.1 Å². The number of nitrogens with one attached hydrogen (secondary N) is 1. The van der Waals surface area contributed by atoms with Gasteiger partial charge in [-0.15, -0.1) is 0 Å². The molecule has 1 aliphatic rings. The van der Waals surface area contributed by atoms with Crippen LogP contribution in [0.15, 0.2) is 0 Å². The summed E-state index contributed by atoms with van der Waals surface area (Å²) >= 11 is 0. The first-order chi connectivity index (χ1) is 5.33. The lowest BCUT2D eigenvalue weighted by molar-refractivity contribution is -0.886. The van der Waals surface area contributed by atoms with Crippen molar-refractivity contribution in [2.75, 3.05) is 20.1 Å². The smallest absolute Gasteiger partial charge is 0.0771 e. The maximum Gasteiger partial charge on any atom is 0.0771 e. The molecular formula is C9H18N2. The van der Waals surface area contributed by atoms with Crippen LogP contribution in [0, 0.1) is 17.8 Å². The summed E-state index contributed by atoms with van der Waals surface area (Å²) in [6, 6.07) is 0. The van der Waals surface area contributed by atoms with Crippen molar-refractivity contribution < 1.29 is 4.90 Å². The van der Waals surface area contributed by atoms with E-state index in [9.17, 15) is 0 Å². The van der Waals surface area contributed by atoms with Gasteiger partial charge in [0, 0.05) is 0 Å². The number of quaternary nitrogens is 1. The van der Waals surface area contributed by atoms with E-state index >= 15 is 0 Å². The van der Waals surface area contributed by atoms with Gasteiger partial charge in [-0.2, -0.15) is 0 Å². The van der Waals surface area contributed by atoms with Crippen molar-refractivity contribution >= 4 is 0 Å². The third kappa shape index (κ3) is 4.00. The summed E-state index contributed by atoms with van der Waals surface area (Å²) in [5.74, 6) is 1.05. The SMILES string of the molecule is CCC1CC[NH+](C)CC1.[C-]#N. The summed E-state index contributed by atoms with van der Waals surface area (Å²) in [6.45, 7) is 9.86. The fourth-order valence-electron chi connectivity index (χ4n) is 1.58. The Kier molecular flexibility index (Phi) is 5.87. The maximum atomic E-state index is 6.25. The molecule has 0 aromatic heterocycles. The molecule has 1 fully saturated rings. The van der Waals surface area contributed by atoms with Crippen LogP contribution in [0.2, 0.25) is 0 Å². The van der Waals surface area contributed by atoms with Gasteiger partial charge >= 0.3 is 0 Å². The van der Waals surface area contributed by atoms with Crippen LogP contribution in [-0.2, 0) is 0 Å². The van der Waals surface area contributed by atoms with Gasteiger partial charge in [-0.05, 0) is 18.8 Å². The largest absolute Gasteiger partial charge is 0.512 e. The van der Waals surface area contributed by atoms with Crippen molar-refractivity contribution in [3.05, 3.63) is 6.57 Å². The van der Waals surface area contributed by atoms with Crippen LogP contribution in [0.3, 0.4) is 0 Å².